The molecule has 1 aliphatic carbocycles. The van der Waals surface area contributed by atoms with Crippen molar-refractivity contribution in [2.45, 2.75) is 43.9 Å². The number of rotatable bonds is 1. The van der Waals surface area contributed by atoms with Crippen molar-refractivity contribution in [1.29, 1.82) is 0 Å². The van der Waals surface area contributed by atoms with Gasteiger partial charge >= 0.3 is 0 Å². The molecular weight excluding hydrogens is 154 g/mol. The zero-order valence-electron chi connectivity index (χ0n) is 7.28. The van der Waals surface area contributed by atoms with Gasteiger partial charge < -0.3 is 5.11 Å². The monoisotopic (exact) mass is 170 g/mol. The van der Waals surface area contributed by atoms with Crippen LogP contribution in [0.2, 0.25) is 0 Å². The lowest BCUT2D eigenvalue weighted by Crippen LogP contribution is -2.50. The van der Waals surface area contributed by atoms with Crippen molar-refractivity contribution < 1.29 is 10.2 Å². The van der Waals surface area contributed by atoms with E-state index < -0.39 is 0 Å². The van der Waals surface area contributed by atoms with E-state index in [1.165, 1.54) is 0 Å². The summed E-state index contributed by atoms with van der Waals surface area (Å²) >= 11 is 0. The molecule has 0 unspecified atom stereocenters. The van der Waals surface area contributed by atoms with E-state index in [2.05, 4.69) is 4.90 Å². The van der Waals surface area contributed by atoms with Crippen LogP contribution in [-0.4, -0.2) is 41.3 Å². The van der Waals surface area contributed by atoms with Crippen molar-refractivity contribution >= 4 is 0 Å². The predicted octanol–water partition coefficient (Wildman–Crippen LogP) is 0.405. The summed E-state index contributed by atoms with van der Waals surface area (Å²) in [5.41, 5.74) is 0. The first kappa shape index (κ1) is 8.48. The van der Waals surface area contributed by atoms with Gasteiger partial charge in [-0.05, 0) is 25.7 Å². The molecule has 3 heteroatoms. The average Bonchev–Trinajstić information content (AvgIpc) is 2.01. The van der Waals surface area contributed by atoms with Crippen LogP contribution in [0, 0.1) is 0 Å². The molecule has 1 saturated heterocycles. The van der Waals surface area contributed by atoms with E-state index in [-0.39, 0.29) is 12.2 Å². The van der Waals surface area contributed by atoms with Gasteiger partial charge in [0, 0.05) is 19.1 Å². The first-order valence-electron chi connectivity index (χ1n) is 4.83. The SMILES string of the molecule is [O]C1CCN(C2CC(O)C2)CC1. The smallest absolute Gasteiger partial charge is 0.0954 e. The lowest BCUT2D eigenvalue weighted by atomic mass is 9.87. The fourth-order valence-corrected chi connectivity index (χ4v) is 2.10. The topological polar surface area (TPSA) is 43.4 Å². The van der Waals surface area contributed by atoms with E-state index in [0.717, 1.165) is 38.8 Å². The molecule has 2 aliphatic rings. The third kappa shape index (κ3) is 1.63. The van der Waals surface area contributed by atoms with E-state index in [4.69, 9.17) is 5.11 Å². The van der Waals surface area contributed by atoms with E-state index >= 15 is 0 Å². The minimum Gasteiger partial charge on any atom is -0.393 e. The molecule has 1 N–H and O–H groups in total. The quantitative estimate of drug-likeness (QED) is 0.619. The van der Waals surface area contributed by atoms with Gasteiger partial charge in [0.25, 0.3) is 0 Å². The fraction of sp³-hybridized carbons (Fsp3) is 1.00. The normalized spacial score (nSPS) is 39.5. The molecule has 1 heterocycles. The molecule has 1 radical (unpaired) electrons. The van der Waals surface area contributed by atoms with Crippen LogP contribution in [-0.2, 0) is 5.11 Å². The molecular formula is C9H16NO2. The summed E-state index contributed by atoms with van der Waals surface area (Å²) in [6, 6.07) is 0.576. The lowest BCUT2D eigenvalue weighted by molar-refractivity contribution is -0.0365. The van der Waals surface area contributed by atoms with Gasteiger partial charge in [0.05, 0.1) is 12.2 Å². The molecule has 0 atom stereocenters. The fourth-order valence-electron chi connectivity index (χ4n) is 2.10. The Bertz CT molecular complexity index is 149. The summed E-state index contributed by atoms with van der Waals surface area (Å²) in [7, 11) is 0. The van der Waals surface area contributed by atoms with Gasteiger partial charge in [0.15, 0.2) is 0 Å². The molecule has 0 bridgehead atoms. The zero-order valence-corrected chi connectivity index (χ0v) is 7.28. The summed E-state index contributed by atoms with van der Waals surface area (Å²) in [6.45, 7) is 1.90. The highest BCUT2D eigenvalue weighted by atomic mass is 16.3. The maximum atomic E-state index is 11.0. The Morgan fingerprint density at radius 1 is 1.17 bits per heavy atom. The van der Waals surface area contributed by atoms with Crippen molar-refractivity contribution in [3.8, 4) is 0 Å². The van der Waals surface area contributed by atoms with Crippen molar-refractivity contribution in [2.24, 2.45) is 0 Å². The molecule has 0 aromatic rings. The van der Waals surface area contributed by atoms with Crippen LogP contribution in [0.5, 0.6) is 0 Å². The Balaban J connectivity index is 1.75. The second-order valence-electron chi connectivity index (χ2n) is 4.01. The second-order valence-corrected chi connectivity index (χ2v) is 4.01. The number of nitrogens with zero attached hydrogens (tertiary/aromatic N) is 1. The molecule has 0 amide bonds. The van der Waals surface area contributed by atoms with Crippen LogP contribution in [0.1, 0.15) is 25.7 Å². The summed E-state index contributed by atoms with van der Waals surface area (Å²) in [5, 5.41) is 20.1. The molecule has 1 aliphatic heterocycles. The van der Waals surface area contributed by atoms with Crippen molar-refractivity contribution in [3.63, 3.8) is 0 Å². The largest absolute Gasteiger partial charge is 0.393 e. The first-order chi connectivity index (χ1) is 5.75. The van der Waals surface area contributed by atoms with Crippen LogP contribution in [0.3, 0.4) is 0 Å². The molecule has 1 saturated carbocycles. The summed E-state index contributed by atoms with van der Waals surface area (Å²) in [4.78, 5) is 2.36. The number of aliphatic hydroxyl groups excluding tert-OH is 1. The molecule has 0 spiro atoms. The molecule has 3 nitrogen and oxygen atoms in total. The van der Waals surface area contributed by atoms with Gasteiger partial charge in [-0.2, -0.15) is 0 Å². The Morgan fingerprint density at radius 3 is 2.25 bits per heavy atom. The predicted molar refractivity (Wildman–Crippen MR) is 44.3 cm³/mol. The van der Waals surface area contributed by atoms with Crippen LogP contribution in [0.25, 0.3) is 0 Å². The second kappa shape index (κ2) is 3.32. The van der Waals surface area contributed by atoms with E-state index in [9.17, 15) is 5.11 Å². The molecule has 0 aromatic heterocycles. The third-order valence-corrected chi connectivity index (χ3v) is 3.08. The summed E-state index contributed by atoms with van der Waals surface area (Å²) in [5.74, 6) is 0. The Morgan fingerprint density at radius 2 is 1.75 bits per heavy atom. The van der Waals surface area contributed by atoms with E-state index in [0.29, 0.717) is 6.04 Å². The average molecular weight is 170 g/mol. The van der Waals surface area contributed by atoms with Gasteiger partial charge in [-0.15, -0.1) is 0 Å². The zero-order chi connectivity index (χ0) is 8.55. The third-order valence-electron chi connectivity index (χ3n) is 3.08. The van der Waals surface area contributed by atoms with Gasteiger partial charge in [0.2, 0.25) is 0 Å². The van der Waals surface area contributed by atoms with E-state index in [1.54, 1.807) is 0 Å². The number of hydrogen-bond acceptors (Lipinski definition) is 2. The Labute approximate surface area is 73.0 Å². The molecule has 2 rings (SSSR count). The van der Waals surface area contributed by atoms with Crippen molar-refractivity contribution in [1.82, 2.24) is 4.90 Å². The summed E-state index contributed by atoms with van der Waals surface area (Å²) in [6.07, 6.45) is 3.04. The van der Waals surface area contributed by atoms with Crippen LogP contribution in [0.4, 0.5) is 0 Å². The molecule has 2 fully saturated rings. The van der Waals surface area contributed by atoms with Gasteiger partial charge in [-0.3, -0.25) is 4.90 Å². The van der Waals surface area contributed by atoms with Gasteiger partial charge in [-0.25, -0.2) is 5.11 Å². The molecule has 0 aromatic carbocycles. The van der Waals surface area contributed by atoms with E-state index in [1.807, 2.05) is 0 Å². The highest BCUT2D eigenvalue weighted by Gasteiger charge is 2.33. The molecule has 69 valence electrons. The minimum absolute atomic E-state index is 0.0695. The maximum Gasteiger partial charge on any atom is 0.0954 e. The Hall–Kier alpha value is -0.120. The van der Waals surface area contributed by atoms with Crippen molar-refractivity contribution in [2.75, 3.05) is 13.1 Å². The molecule has 12 heavy (non-hydrogen) atoms. The number of aliphatic hydroxyl groups is 1. The maximum absolute atomic E-state index is 11.0. The number of hydrogen-bond donors (Lipinski definition) is 1. The highest BCUT2D eigenvalue weighted by Crippen LogP contribution is 2.27. The summed E-state index contributed by atoms with van der Waals surface area (Å²) < 4.78 is 0. The van der Waals surface area contributed by atoms with Crippen LogP contribution >= 0.6 is 0 Å². The number of piperidine rings is 1. The number of likely N-dealkylation sites (tertiary alicyclic amines) is 1. The standard InChI is InChI=1S/C9H16NO2/c11-8-1-3-10(4-2-8)7-5-9(12)6-7/h7-9,12H,1-6H2. The lowest BCUT2D eigenvalue weighted by Gasteiger charge is -2.43. The Kier molecular flexibility index (Phi) is 2.35. The van der Waals surface area contributed by atoms with Crippen LogP contribution in [0.15, 0.2) is 0 Å². The van der Waals surface area contributed by atoms with Gasteiger partial charge in [0.1, 0.15) is 0 Å². The highest BCUT2D eigenvalue weighted by molar-refractivity contribution is 4.88. The first-order valence-corrected chi connectivity index (χ1v) is 4.83. The van der Waals surface area contributed by atoms with Gasteiger partial charge in [-0.1, -0.05) is 0 Å². The minimum atomic E-state index is -0.328. The van der Waals surface area contributed by atoms with Crippen LogP contribution < -0.4 is 0 Å². The van der Waals surface area contributed by atoms with Crippen molar-refractivity contribution in [3.05, 3.63) is 0 Å².